The average Bonchev–Trinajstić information content (AvgIpc) is 2.50. The normalized spacial score (nSPS) is 17.3. The Kier molecular flexibility index (Phi) is 5.29. The average molecular weight is 309 g/mol. The third-order valence-corrected chi connectivity index (χ3v) is 4.00. The lowest BCUT2D eigenvalue weighted by molar-refractivity contribution is -0.130. The predicted octanol–water partition coefficient (Wildman–Crippen LogP) is 2.90. The van der Waals surface area contributed by atoms with Crippen LogP contribution in [-0.4, -0.2) is 43.3 Å². The number of piperidine rings is 1. The van der Waals surface area contributed by atoms with Gasteiger partial charge in [0.05, 0.1) is 6.61 Å². The van der Waals surface area contributed by atoms with Crippen molar-refractivity contribution < 1.29 is 18.3 Å². The van der Waals surface area contributed by atoms with Crippen LogP contribution < -0.4 is 0 Å². The lowest BCUT2D eigenvalue weighted by Gasteiger charge is -2.36. The summed E-state index contributed by atoms with van der Waals surface area (Å²) in [6.07, 6.45) is 0.793. The highest BCUT2D eigenvalue weighted by Gasteiger charge is 2.36. The molecule has 1 amide bonds. The number of likely N-dealkylation sites (tertiary alicyclic amines) is 1. The summed E-state index contributed by atoms with van der Waals surface area (Å²) >= 11 is 0. The van der Waals surface area contributed by atoms with E-state index in [4.69, 9.17) is 4.74 Å². The number of nitrogens with zero attached hydrogens (tertiary/aromatic N) is 1. The van der Waals surface area contributed by atoms with Gasteiger partial charge in [-0.05, 0) is 30.5 Å². The molecule has 0 unspecified atom stereocenters. The number of ether oxygens (including phenoxy) is 1. The van der Waals surface area contributed by atoms with Gasteiger partial charge in [0.1, 0.15) is 11.5 Å². The number of hydrogen-bond acceptors (Lipinski definition) is 2. The second-order valence-corrected chi connectivity index (χ2v) is 5.78. The highest BCUT2D eigenvalue weighted by atomic mass is 19.1. The first-order chi connectivity index (χ1) is 10.4. The molecule has 1 heterocycles. The summed E-state index contributed by atoms with van der Waals surface area (Å²) in [7, 11) is 1.50. The highest BCUT2D eigenvalue weighted by Crippen LogP contribution is 2.31. The van der Waals surface area contributed by atoms with Gasteiger partial charge in [-0.1, -0.05) is 18.7 Å². The molecule has 1 aliphatic heterocycles. The van der Waals surface area contributed by atoms with Crippen LogP contribution in [0.1, 0.15) is 18.4 Å². The van der Waals surface area contributed by atoms with Gasteiger partial charge in [0, 0.05) is 32.2 Å². The van der Waals surface area contributed by atoms with Crippen molar-refractivity contribution in [3.8, 4) is 0 Å². The van der Waals surface area contributed by atoms with Crippen molar-refractivity contribution in [2.45, 2.75) is 24.9 Å². The van der Waals surface area contributed by atoms with Gasteiger partial charge in [-0.2, -0.15) is 0 Å². The molecular formula is C17H21F2NO2. The Morgan fingerprint density at radius 3 is 2.45 bits per heavy atom. The number of carbonyl (C=O) groups excluding carboxylic acids is 1. The van der Waals surface area contributed by atoms with Gasteiger partial charge in [-0.3, -0.25) is 4.79 Å². The first-order valence-corrected chi connectivity index (χ1v) is 7.33. The lowest BCUT2D eigenvalue weighted by Crippen LogP contribution is -2.46. The second kappa shape index (κ2) is 7.01. The Hall–Kier alpha value is -1.75. The number of amides is 1. The molecule has 22 heavy (non-hydrogen) atoms. The molecule has 0 aliphatic carbocycles. The minimum atomic E-state index is -1.35. The van der Waals surface area contributed by atoms with Gasteiger partial charge in [-0.25, -0.2) is 8.78 Å². The third kappa shape index (κ3) is 4.13. The number of hydrogen-bond donors (Lipinski definition) is 0. The quantitative estimate of drug-likeness (QED) is 0.783. The van der Waals surface area contributed by atoms with Gasteiger partial charge in [0.2, 0.25) is 0 Å². The number of methoxy groups -OCH3 is 1. The summed E-state index contributed by atoms with van der Waals surface area (Å²) in [5, 5.41) is 0. The molecule has 1 aromatic rings. The Morgan fingerprint density at radius 2 is 1.91 bits per heavy atom. The molecule has 2 rings (SSSR count). The molecular weight excluding hydrogens is 288 g/mol. The zero-order valence-corrected chi connectivity index (χ0v) is 12.8. The molecule has 0 saturated carbocycles. The molecule has 120 valence electrons. The van der Waals surface area contributed by atoms with Crippen LogP contribution in [0.25, 0.3) is 0 Å². The van der Waals surface area contributed by atoms with E-state index in [9.17, 15) is 13.6 Å². The molecule has 0 radical (unpaired) electrons. The maximum atomic E-state index is 14.9. The van der Waals surface area contributed by atoms with Crippen molar-refractivity contribution in [2.75, 3.05) is 26.8 Å². The van der Waals surface area contributed by atoms with Gasteiger partial charge in [0.15, 0.2) is 0 Å². The standard InChI is InChI=1S/C17H21F2NO2/c1-13(12-22-2)16(21)20-9-7-17(19,8-10-20)11-14-3-5-15(18)6-4-14/h3-6H,1,7-12H2,2H3. The predicted molar refractivity (Wildman–Crippen MR) is 80.8 cm³/mol. The molecule has 1 fully saturated rings. The zero-order valence-electron chi connectivity index (χ0n) is 12.8. The van der Waals surface area contributed by atoms with E-state index < -0.39 is 5.67 Å². The summed E-state index contributed by atoms with van der Waals surface area (Å²) < 4.78 is 32.6. The maximum Gasteiger partial charge on any atom is 0.251 e. The molecule has 0 spiro atoms. The number of rotatable bonds is 5. The van der Waals surface area contributed by atoms with Crippen molar-refractivity contribution >= 4 is 5.91 Å². The summed E-state index contributed by atoms with van der Waals surface area (Å²) in [5.41, 5.74) is -0.197. The smallest absolute Gasteiger partial charge is 0.251 e. The molecule has 0 N–H and O–H groups in total. The monoisotopic (exact) mass is 309 g/mol. The van der Waals surface area contributed by atoms with E-state index in [2.05, 4.69) is 6.58 Å². The Morgan fingerprint density at radius 1 is 1.32 bits per heavy atom. The van der Waals surface area contributed by atoms with Gasteiger partial charge >= 0.3 is 0 Å². The maximum absolute atomic E-state index is 14.9. The van der Waals surface area contributed by atoms with Crippen LogP contribution in [0.5, 0.6) is 0 Å². The zero-order chi connectivity index (χ0) is 16.2. The van der Waals surface area contributed by atoms with E-state index in [0.29, 0.717) is 18.7 Å². The summed E-state index contributed by atoms with van der Waals surface area (Å²) in [6, 6.07) is 5.89. The van der Waals surface area contributed by atoms with Crippen molar-refractivity contribution in [2.24, 2.45) is 0 Å². The van der Waals surface area contributed by atoms with Gasteiger partial charge in [-0.15, -0.1) is 0 Å². The van der Waals surface area contributed by atoms with Crippen molar-refractivity contribution in [1.29, 1.82) is 0 Å². The molecule has 3 nitrogen and oxygen atoms in total. The van der Waals surface area contributed by atoms with Gasteiger partial charge < -0.3 is 9.64 Å². The topological polar surface area (TPSA) is 29.5 Å². The molecule has 0 bridgehead atoms. The number of benzene rings is 1. The molecule has 5 heteroatoms. The largest absolute Gasteiger partial charge is 0.380 e. The van der Waals surface area contributed by atoms with Crippen LogP contribution in [0, 0.1) is 5.82 Å². The highest BCUT2D eigenvalue weighted by molar-refractivity contribution is 5.93. The number of carbonyl (C=O) groups is 1. The summed E-state index contributed by atoms with van der Waals surface area (Å²) in [5.74, 6) is -0.501. The SMILES string of the molecule is C=C(COC)C(=O)N1CCC(F)(Cc2ccc(F)cc2)CC1. The Bertz CT molecular complexity index is 534. The van der Waals surface area contributed by atoms with Crippen molar-refractivity contribution in [1.82, 2.24) is 4.90 Å². The van der Waals surface area contributed by atoms with Crippen LogP contribution in [0.4, 0.5) is 8.78 Å². The van der Waals surface area contributed by atoms with Crippen LogP contribution in [0.15, 0.2) is 36.4 Å². The Labute approximate surface area is 129 Å². The minimum absolute atomic E-state index is 0.175. The van der Waals surface area contributed by atoms with Crippen LogP contribution in [0.3, 0.4) is 0 Å². The molecule has 1 aromatic carbocycles. The van der Waals surface area contributed by atoms with E-state index in [1.165, 1.54) is 19.2 Å². The Balaban J connectivity index is 1.91. The molecule has 0 atom stereocenters. The number of halogens is 2. The van der Waals surface area contributed by atoms with Crippen LogP contribution >= 0.6 is 0 Å². The third-order valence-electron chi connectivity index (χ3n) is 4.00. The second-order valence-electron chi connectivity index (χ2n) is 5.78. The van der Waals surface area contributed by atoms with Crippen molar-refractivity contribution in [3.63, 3.8) is 0 Å². The number of alkyl halides is 1. The first-order valence-electron chi connectivity index (χ1n) is 7.33. The molecule has 1 saturated heterocycles. The fourth-order valence-corrected chi connectivity index (χ4v) is 2.71. The lowest BCUT2D eigenvalue weighted by atomic mass is 9.87. The van der Waals surface area contributed by atoms with Crippen LogP contribution in [0.2, 0.25) is 0 Å². The van der Waals surface area contributed by atoms with E-state index in [0.717, 1.165) is 5.56 Å². The fraction of sp³-hybridized carbons (Fsp3) is 0.471. The summed E-state index contributed by atoms with van der Waals surface area (Å²) in [6.45, 7) is 4.59. The van der Waals surface area contributed by atoms with E-state index in [1.807, 2.05) is 0 Å². The van der Waals surface area contributed by atoms with E-state index >= 15 is 0 Å². The van der Waals surface area contributed by atoms with E-state index in [-0.39, 0.29) is 37.6 Å². The minimum Gasteiger partial charge on any atom is -0.380 e. The molecule has 1 aliphatic rings. The van der Waals surface area contributed by atoms with Gasteiger partial charge in [0.25, 0.3) is 5.91 Å². The summed E-state index contributed by atoms with van der Waals surface area (Å²) in [4.78, 5) is 13.7. The van der Waals surface area contributed by atoms with Crippen molar-refractivity contribution in [3.05, 3.63) is 47.8 Å². The van der Waals surface area contributed by atoms with E-state index in [1.54, 1.807) is 17.0 Å². The fourth-order valence-electron chi connectivity index (χ4n) is 2.71. The van der Waals surface area contributed by atoms with Crippen LogP contribution in [-0.2, 0) is 16.0 Å². The molecule has 0 aromatic heterocycles. The first kappa shape index (κ1) is 16.6.